The molecule has 11 heteroatoms. The van der Waals surface area contributed by atoms with E-state index in [1.807, 2.05) is 20.8 Å². The number of non-ortho nitro benzene ring substituents is 1. The lowest BCUT2D eigenvalue weighted by Gasteiger charge is -2.20. The normalized spacial score (nSPS) is 12.7. The van der Waals surface area contributed by atoms with Gasteiger partial charge in [0.25, 0.3) is 5.69 Å². The van der Waals surface area contributed by atoms with Crippen molar-refractivity contribution in [1.29, 1.82) is 0 Å². The first-order chi connectivity index (χ1) is 11.6. The van der Waals surface area contributed by atoms with Crippen LogP contribution in [0.2, 0.25) is 5.02 Å². The minimum Gasteiger partial charge on any atom is -0.324 e. The fourth-order valence-corrected chi connectivity index (χ4v) is 2.98. The number of carbonyl (C=O) groups is 1. The van der Waals surface area contributed by atoms with Crippen LogP contribution in [0, 0.1) is 10.1 Å². The molecule has 2 rings (SSSR count). The van der Waals surface area contributed by atoms with Crippen LogP contribution in [0.15, 0.2) is 23.4 Å². The maximum Gasteiger partial charge on any atom is 0.271 e. The molecule has 1 heterocycles. The summed E-state index contributed by atoms with van der Waals surface area (Å²) in [5, 5.41) is 25.1. The summed E-state index contributed by atoms with van der Waals surface area (Å²) in [6.07, 6.45) is 0. The van der Waals surface area contributed by atoms with E-state index < -0.39 is 10.2 Å². The number of tetrazole rings is 1. The third-order valence-corrected chi connectivity index (χ3v) is 4.51. The number of hydrogen-bond acceptors (Lipinski definition) is 7. The Bertz CT molecular complexity index is 804. The number of nitro groups is 1. The number of anilines is 1. The second-order valence-corrected chi connectivity index (χ2v) is 7.93. The van der Waals surface area contributed by atoms with E-state index in [1.54, 1.807) is 11.6 Å². The zero-order valence-electron chi connectivity index (χ0n) is 14.1. The van der Waals surface area contributed by atoms with Gasteiger partial charge in [-0.15, -0.1) is 5.10 Å². The molecular weight excluding hydrogens is 368 g/mol. The molecule has 0 aliphatic carbocycles. The number of halogens is 1. The average molecular weight is 385 g/mol. The van der Waals surface area contributed by atoms with Crippen molar-refractivity contribution in [2.45, 2.75) is 43.6 Å². The summed E-state index contributed by atoms with van der Waals surface area (Å²) in [6, 6.07) is 3.86. The van der Waals surface area contributed by atoms with E-state index in [4.69, 9.17) is 11.6 Å². The molecule has 0 saturated heterocycles. The van der Waals surface area contributed by atoms with Gasteiger partial charge in [0.1, 0.15) is 0 Å². The Labute approximate surface area is 153 Å². The Morgan fingerprint density at radius 1 is 1.44 bits per heavy atom. The molecule has 134 valence electrons. The number of rotatable bonds is 5. The molecule has 1 amide bonds. The van der Waals surface area contributed by atoms with E-state index in [0.717, 1.165) is 0 Å². The number of nitrogens with one attached hydrogen (secondary N) is 1. The molecular formula is C14H17ClN6O3S. The molecule has 2 aromatic rings. The summed E-state index contributed by atoms with van der Waals surface area (Å²) in [7, 11) is 0. The monoisotopic (exact) mass is 384 g/mol. The van der Waals surface area contributed by atoms with Gasteiger partial charge in [-0.1, -0.05) is 23.4 Å². The average Bonchev–Trinajstić information content (AvgIpc) is 2.97. The van der Waals surface area contributed by atoms with Crippen molar-refractivity contribution in [2.24, 2.45) is 0 Å². The van der Waals surface area contributed by atoms with Crippen molar-refractivity contribution in [3.8, 4) is 0 Å². The van der Waals surface area contributed by atoms with Crippen LogP contribution >= 0.6 is 23.4 Å². The zero-order chi connectivity index (χ0) is 18.8. The summed E-state index contributed by atoms with van der Waals surface area (Å²) in [6.45, 7) is 7.52. The minimum atomic E-state index is -0.554. The van der Waals surface area contributed by atoms with E-state index in [0.29, 0.717) is 5.16 Å². The molecule has 1 atom stereocenters. The third-order valence-electron chi connectivity index (χ3n) is 3.15. The molecule has 0 bridgehead atoms. The molecule has 0 aliphatic rings. The van der Waals surface area contributed by atoms with Crippen molar-refractivity contribution < 1.29 is 9.72 Å². The molecule has 0 radical (unpaired) electrons. The highest BCUT2D eigenvalue weighted by Gasteiger charge is 2.24. The fraction of sp³-hybridized carbons (Fsp3) is 0.429. The van der Waals surface area contributed by atoms with Crippen LogP contribution in [-0.4, -0.2) is 36.3 Å². The smallest absolute Gasteiger partial charge is 0.271 e. The highest BCUT2D eigenvalue weighted by Crippen LogP contribution is 2.29. The van der Waals surface area contributed by atoms with Crippen LogP contribution in [-0.2, 0) is 10.3 Å². The Hall–Kier alpha value is -2.20. The second kappa shape index (κ2) is 7.36. The maximum atomic E-state index is 12.4. The lowest BCUT2D eigenvalue weighted by molar-refractivity contribution is -0.384. The number of nitro benzene ring substituents is 1. The van der Waals surface area contributed by atoms with Crippen LogP contribution in [0.4, 0.5) is 11.4 Å². The quantitative estimate of drug-likeness (QED) is 0.478. The topological polar surface area (TPSA) is 116 Å². The maximum absolute atomic E-state index is 12.4. The van der Waals surface area contributed by atoms with Crippen molar-refractivity contribution in [1.82, 2.24) is 20.2 Å². The van der Waals surface area contributed by atoms with E-state index in [9.17, 15) is 14.9 Å². The Morgan fingerprint density at radius 3 is 2.72 bits per heavy atom. The van der Waals surface area contributed by atoms with Crippen molar-refractivity contribution >= 4 is 40.6 Å². The summed E-state index contributed by atoms with van der Waals surface area (Å²) in [5.74, 6) is -0.365. The van der Waals surface area contributed by atoms with E-state index in [-0.39, 0.29) is 27.8 Å². The summed E-state index contributed by atoms with van der Waals surface area (Å²) in [4.78, 5) is 22.7. The molecule has 1 aromatic heterocycles. The standard InChI is InChI=1S/C14H17ClN6O3S/c1-8(25-13-17-18-19-20(13)14(2,3)4)12(22)16-11-7-9(21(23)24)5-6-10(11)15/h5-8H,1-4H3,(H,16,22). The molecule has 0 saturated carbocycles. The van der Waals surface area contributed by atoms with Crippen LogP contribution in [0.1, 0.15) is 27.7 Å². The molecule has 9 nitrogen and oxygen atoms in total. The van der Waals surface area contributed by atoms with Crippen molar-refractivity contribution in [3.05, 3.63) is 33.3 Å². The third kappa shape index (κ3) is 4.67. The molecule has 1 unspecified atom stereocenters. The van der Waals surface area contributed by atoms with Crippen LogP contribution < -0.4 is 5.32 Å². The largest absolute Gasteiger partial charge is 0.324 e. The Kier molecular flexibility index (Phi) is 5.63. The number of carbonyl (C=O) groups excluding carboxylic acids is 1. The molecule has 0 spiro atoms. The second-order valence-electron chi connectivity index (χ2n) is 6.21. The highest BCUT2D eigenvalue weighted by molar-refractivity contribution is 8.00. The van der Waals surface area contributed by atoms with Gasteiger partial charge in [0.2, 0.25) is 11.1 Å². The number of thioether (sulfide) groups is 1. The number of benzene rings is 1. The number of amides is 1. The molecule has 0 fully saturated rings. The first-order valence-electron chi connectivity index (χ1n) is 7.30. The van der Waals surface area contributed by atoms with E-state index >= 15 is 0 Å². The van der Waals surface area contributed by atoms with Gasteiger partial charge in [-0.2, -0.15) is 0 Å². The first kappa shape index (κ1) is 19.1. The number of hydrogen-bond donors (Lipinski definition) is 1. The van der Waals surface area contributed by atoms with Gasteiger partial charge in [-0.05, 0) is 44.2 Å². The van der Waals surface area contributed by atoms with E-state index in [1.165, 1.54) is 30.0 Å². The van der Waals surface area contributed by atoms with Gasteiger partial charge < -0.3 is 5.32 Å². The SMILES string of the molecule is CC(Sc1nnnn1C(C)(C)C)C(=O)Nc1cc([N+](=O)[O-])ccc1Cl. The van der Waals surface area contributed by atoms with Gasteiger partial charge in [-0.3, -0.25) is 14.9 Å². The zero-order valence-corrected chi connectivity index (χ0v) is 15.6. The van der Waals surface area contributed by atoms with Crippen molar-refractivity contribution in [3.63, 3.8) is 0 Å². The fourth-order valence-electron chi connectivity index (χ4n) is 1.84. The molecule has 1 aromatic carbocycles. The van der Waals surface area contributed by atoms with Gasteiger partial charge in [0.05, 0.1) is 26.4 Å². The molecule has 25 heavy (non-hydrogen) atoms. The predicted molar refractivity (Wildman–Crippen MR) is 94.9 cm³/mol. The van der Waals surface area contributed by atoms with Gasteiger partial charge in [0.15, 0.2) is 0 Å². The van der Waals surface area contributed by atoms with E-state index in [2.05, 4.69) is 20.8 Å². The van der Waals surface area contributed by atoms with Gasteiger partial charge in [-0.25, -0.2) is 4.68 Å². The molecule has 1 N–H and O–H groups in total. The van der Waals surface area contributed by atoms with Crippen LogP contribution in [0.25, 0.3) is 0 Å². The summed E-state index contributed by atoms with van der Waals surface area (Å²) in [5.41, 5.74) is -0.300. The lowest BCUT2D eigenvalue weighted by Crippen LogP contribution is -2.27. The van der Waals surface area contributed by atoms with Crippen molar-refractivity contribution in [2.75, 3.05) is 5.32 Å². The summed E-state index contributed by atoms with van der Waals surface area (Å²) >= 11 is 7.18. The number of aromatic nitrogens is 4. The minimum absolute atomic E-state index is 0.156. The van der Waals surface area contributed by atoms with Crippen LogP contribution in [0.3, 0.4) is 0 Å². The lowest BCUT2D eigenvalue weighted by atomic mass is 10.1. The number of nitrogens with zero attached hydrogens (tertiary/aromatic N) is 5. The van der Waals surface area contributed by atoms with Gasteiger partial charge in [0, 0.05) is 12.1 Å². The molecule has 0 aliphatic heterocycles. The van der Waals surface area contributed by atoms with Crippen LogP contribution in [0.5, 0.6) is 0 Å². The summed E-state index contributed by atoms with van der Waals surface area (Å²) < 4.78 is 1.63. The Morgan fingerprint density at radius 2 is 2.12 bits per heavy atom. The Balaban J connectivity index is 2.13. The van der Waals surface area contributed by atoms with Gasteiger partial charge >= 0.3 is 0 Å². The first-order valence-corrected chi connectivity index (χ1v) is 8.55. The predicted octanol–water partition coefficient (Wildman–Crippen LogP) is 3.11. The highest BCUT2D eigenvalue weighted by atomic mass is 35.5.